The zero-order valence-corrected chi connectivity index (χ0v) is 20.9. The number of hydrogen-bond donors (Lipinski definition) is 2. The lowest BCUT2D eigenvalue weighted by atomic mass is 9.81. The zero-order valence-electron chi connectivity index (χ0n) is 20.9. The summed E-state index contributed by atoms with van der Waals surface area (Å²) in [5.41, 5.74) is 1.86. The second-order valence-corrected chi connectivity index (χ2v) is 10.0. The van der Waals surface area contributed by atoms with Gasteiger partial charge in [-0.15, -0.1) is 0 Å². The molecule has 2 N–H and O–H groups in total. The van der Waals surface area contributed by atoms with Crippen molar-refractivity contribution in [3.05, 3.63) is 54.6 Å². The van der Waals surface area contributed by atoms with Gasteiger partial charge in [-0.2, -0.15) is 0 Å². The van der Waals surface area contributed by atoms with E-state index in [2.05, 4.69) is 24.5 Å². The largest absolute Gasteiger partial charge is 0.342 e. The van der Waals surface area contributed by atoms with Crippen molar-refractivity contribution in [1.29, 1.82) is 0 Å². The number of nitrogens with one attached hydrogen (secondary N) is 2. The highest BCUT2D eigenvalue weighted by molar-refractivity contribution is 6.00. The Hall–Kier alpha value is -3.35. The highest BCUT2D eigenvalue weighted by Crippen LogP contribution is 2.35. The Morgan fingerprint density at radius 2 is 1.71 bits per heavy atom. The molecule has 7 nitrogen and oxygen atoms in total. The summed E-state index contributed by atoms with van der Waals surface area (Å²) in [5, 5.41) is 6.07. The van der Waals surface area contributed by atoms with Crippen molar-refractivity contribution < 1.29 is 14.4 Å². The van der Waals surface area contributed by atoms with Crippen molar-refractivity contribution >= 4 is 23.5 Å². The van der Waals surface area contributed by atoms with Crippen molar-refractivity contribution in [3.8, 4) is 11.1 Å². The Balaban J connectivity index is 1.47. The number of urea groups is 1. The molecule has 4 rings (SSSR count). The molecule has 35 heavy (non-hydrogen) atoms. The third-order valence-electron chi connectivity index (χ3n) is 7.09. The van der Waals surface area contributed by atoms with E-state index in [4.69, 9.17) is 0 Å². The topological polar surface area (TPSA) is 81.8 Å². The van der Waals surface area contributed by atoms with Crippen LogP contribution < -0.4 is 10.6 Å². The summed E-state index contributed by atoms with van der Waals surface area (Å²) in [6.07, 6.45) is 2.30. The first kappa shape index (κ1) is 24.8. The van der Waals surface area contributed by atoms with Crippen LogP contribution in [0.3, 0.4) is 0 Å². The van der Waals surface area contributed by atoms with E-state index in [0.717, 1.165) is 23.2 Å². The number of hydrogen-bond acceptors (Lipinski definition) is 3. The predicted octanol–water partition coefficient (Wildman–Crippen LogP) is 4.50. The average Bonchev–Trinajstić information content (AvgIpc) is 2.86. The smallest absolute Gasteiger partial charge is 0.321 e. The Morgan fingerprint density at radius 3 is 2.37 bits per heavy atom. The van der Waals surface area contributed by atoms with Crippen molar-refractivity contribution in [2.24, 2.45) is 5.92 Å². The van der Waals surface area contributed by atoms with Crippen LogP contribution in [0.15, 0.2) is 54.6 Å². The Kier molecular flexibility index (Phi) is 7.43. The van der Waals surface area contributed by atoms with Gasteiger partial charge in [0.05, 0.1) is 5.69 Å². The molecule has 0 bridgehead atoms. The second-order valence-electron chi connectivity index (χ2n) is 10.0. The maximum atomic E-state index is 13.3. The Morgan fingerprint density at radius 1 is 1.06 bits per heavy atom. The molecule has 0 radical (unpaired) electrons. The molecule has 2 saturated heterocycles. The van der Waals surface area contributed by atoms with Crippen molar-refractivity contribution in [2.45, 2.75) is 58.0 Å². The molecule has 186 valence electrons. The van der Waals surface area contributed by atoms with Crippen LogP contribution in [0, 0.1) is 5.92 Å². The fourth-order valence-corrected chi connectivity index (χ4v) is 5.29. The van der Waals surface area contributed by atoms with Crippen LogP contribution in [0.25, 0.3) is 11.1 Å². The number of amides is 4. The lowest BCUT2D eigenvalue weighted by molar-refractivity contribution is -0.161. The number of nitrogens with zero attached hydrogens (tertiary/aromatic N) is 2. The molecule has 0 aliphatic carbocycles. The number of carbonyl (C=O) groups excluding carboxylic acids is 3. The Bertz CT molecular complexity index is 1060. The summed E-state index contributed by atoms with van der Waals surface area (Å²) >= 11 is 0. The summed E-state index contributed by atoms with van der Waals surface area (Å²) in [4.78, 5) is 43.4. The maximum absolute atomic E-state index is 13.3. The SMILES string of the molecule is CCCN1C(=O)C(CC(C)C)NC(=O)C12CCN(C(=O)Nc1ccccc1-c1ccccc1)CC2. The molecular formula is C28H36N4O3. The standard InChI is InChI=1S/C28H36N4O3/c1-4-16-32-25(33)24(19-20(2)3)29-26(34)28(32)14-17-31(18-15-28)27(35)30-23-13-9-8-12-22(23)21-10-6-5-7-11-21/h5-13,20,24H,4,14-19H2,1-3H3,(H,29,34)(H,30,35). The normalized spacial score (nSPS) is 19.7. The van der Waals surface area contributed by atoms with E-state index in [1.807, 2.05) is 61.5 Å². The number of piperidine rings is 1. The van der Waals surface area contributed by atoms with Gasteiger partial charge in [0.15, 0.2) is 0 Å². The molecule has 2 aliphatic heterocycles. The van der Waals surface area contributed by atoms with Gasteiger partial charge in [0, 0.05) is 25.2 Å². The molecule has 2 aromatic rings. The quantitative estimate of drug-likeness (QED) is 0.644. The molecule has 1 unspecified atom stereocenters. The van der Waals surface area contributed by atoms with Gasteiger partial charge < -0.3 is 20.4 Å². The number of piperazine rings is 1. The van der Waals surface area contributed by atoms with E-state index < -0.39 is 11.6 Å². The molecule has 1 atom stereocenters. The molecular weight excluding hydrogens is 440 g/mol. The van der Waals surface area contributed by atoms with Crippen LogP contribution in [-0.2, 0) is 9.59 Å². The lowest BCUT2D eigenvalue weighted by Gasteiger charge is -2.51. The van der Waals surface area contributed by atoms with Gasteiger partial charge in [-0.05, 0) is 43.2 Å². The van der Waals surface area contributed by atoms with Gasteiger partial charge in [0.25, 0.3) is 0 Å². The molecule has 0 aromatic heterocycles. The second kappa shape index (κ2) is 10.5. The van der Waals surface area contributed by atoms with Crippen LogP contribution in [0.2, 0.25) is 0 Å². The minimum absolute atomic E-state index is 0.00911. The Labute approximate surface area is 207 Å². The molecule has 0 saturated carbocycles. The molecule has 4 amide bonds. The fourth-order valence-electron chi connectivity index (χ4n) is 5.29. The lowest BCUT2D eigenvalue weighted by Crippen LogP contribution is -2.73. The minimum atomic E-state index is -0.876. The first-order chi connectivity index (χ1) is 16.9. The predicted molar refractivity (Wildman–Crippen MR) is 138 cm³/mol. The van der Waals surface area contributed by atoms with Crippen molar-refractivity contribution in [2.75, 3.05) is 25.0 Å². The van der Waals surface area contributed by atoms with Gasteiger partial charge in [-0.25, -0.2) is 4.79 Å². The van der Waals surface area contributed by atoms with E-state index in [0.29, 0.717) is 44.8 Å². The van der Waals surface area contributed by atoms with Crippen molar-refractivity contribution in [3.63, 3.8) is 0 Å². The van der Waals surface area contributed by atoms with Gasteiger partial charge >= 0.3 is 6.03 Å². The first-order valence-electron chi connectivity index (χ1n) is 12.7. The third kappa shape index (κ3) is 5.04. The highest BCUT2D eigenvalue weighted by atomic mass is 16.2. The number of carbonyl (C=O) groups is 3. The van der Waals surface area contributed by atoms with Crippen LogP contribution in [0.5, 0.6) is 0 Å². The molecule has 2 heterocycles. The monoisotopic (exact) mass is 476 g/mol. The first-order valence-corrected chi connectivity index (χ1v) is 12.7. The molecule has 1 spiro atoms. The van der Waals surface area contributed by atoms with Gasteiger partial charge in [-0.3, -0.25) is 9.59 Å². The molecule has 2 aromatic carbocycles. The summed E-state index contributed by atoms with van der Waals surface area (Å²) in [5.74, 6) is 0.242. The molecule has 7 heteroatoms. The summed E-state index contributed by atoms with van der Waals surface area (Å²) < 4.78 is 0. The highest BCUT2D eigenvalue weighted by Gasteiger charge is 2.53. The van der Waals surface area contributed by atoms with Gasteiger partial charge in [-0.1, -0.05) is 69.3 Å². The summed E-state index contributed by atoms with van der Waals surface area (Å²) in [6, 6.07) is 17.0. The number of para-hydroxylation sites is 1. The maximum Gasteiger partial charge on any atom is 0.321 e. The van der Waals surface area contributed by atoms with E-state index in [-0.39, 0.29) is 17.8 Å². The van der Waals surface area contributed by atoms with E-state index in [1.165, 1.54) is 0 Å². The zero-order chi connectivity index (χ0) is 25.0. The fraction of sp³-hybridized carbons (Fsp3) is 0.464. The van der Waals surface area contributed by atoms with Crippen molar-refractivity contribution in [1.82, 2.24) is 15.1 Å². The van der Waals surface area contributed by atoms with Crippen LogP contribution >= 0.6 is 0 Å². The molecule has 2 fully saturated rings. The molecule has 2 aliphatic rings. The summed E-state index contributed by atoms with van der Waals surface area (Å²) in [7, 11) is 0. The van der Waals surface area contributed by atoms with Gasteiger partial charge in [0.2, 0.25) is 11.8 Å². The van der Waals surface area contributed by atoms with Crippen LogP contribution in [0.1, 0.15) is 46.5 Å². The van der Waals surface area contributed by atoms with Crippen LogP contribution in [0.4, 0.5) is 10.5 Å². The van der Waals surface area contributed by atoms with Crippen LogP contribution in [-0.4, -0.2) is 58.9 Å². The number of anilines is 1. The van der Waals surface area contributed by atoms with E-state index in [9.17, 15) is 14.4 Å². The van der Waals surface area contributed by atoms with Gasteiger partial charge in [0.1, 0.15) is 11.6 Å². The summed E-state index contributed by atoms with van der Waals surface area (Å²) in [6.45, 7) is 7.52. The third-order valence-corrected chi connectivity index (χ3v) is 7.09. The number of rotatable bonds is 6. The number of benzene rings is 2. The average molecular weight is 477 g/mol. The van der Waals surface area contributed by atoms with E-state index >= 15 is 0 Å². The number of likely N-dealkylation sites (tertiary alicyclic amines) is 1. The van der Waals surface area contributed by atoms with E-state index in [1.54, 1.807) is 9.80 Å². The minimum Gasteiger partial charge on any atom is -0.342 e.